The van der Waals surface area contributed by atoms with Crippen LogP contribution in [0.3, 0.4) is 0 Å². The Bertz CT molecular complexity index is 900. The fourth-order valence-corrected chi connectivity index (χ4v) is 7.32. The van der Waals surface area contributed by atoms with Crippen LogP contribution in [0.4, 0.5) is 0 Å². The van der Waals surface area contributed by atoms with Crippen LogP contribution in [0.5, 0.6) is 5.88 Å². The van der Waals surface area contributed by atoms with Gasteiger partial charge in [0.25, 0.3) is 0 Å². The third-order valence-corrected chi connectivity index (χ3v) is 8.85. The lowest BCUT2D eigenvalue weighted by Crippen LogP contribution is -2.76. The van der Waals surface area contributed by atoms with Gasteiger partial charge in [-0.15, -0.1) is 0 Å². The summed E-state index contributed by atoms with van der Waals surface area (Å²) in [5.74, 6) is 0.950. The molecule has 4 rings (SSSR count). The predicted octanol–water partition coefficient (Wildman–Crippen LogP) is 4.59. The standard InChI is InChI=1S/C26H41N5O/c1-6-25(7-2)26(8-3,9-4)30(18-17-29(25)10-5)20-14-15-22-21(19-20)24(32)31(28-22)23-13-11-12-16-27-23/h11-13,16,20,32H,6-10,14-15,17-19H2,1-5H3. The summed E-state index contributed by atoms with van der Waals surface area (Å²) >= 11 is 0. The highest BCUT2D eigenvalue weighted by molar-refractivity contribution is 5.39. The molecule has 1 aliphatic heterocycles. The Morgan fingerprint density at radius 2 is 1.72 bits per heavy atom. The molecule has 0 aromatic carbocycles. The van der Waals surface area contributed by atoms with Gasteiger partial charge in [-0.1, -0.05) is 40.7 Å². The van der Waals surface area contributed by atoms with E-state index in [9.17, 15) is 5.11 Å². The Morgan fingerprint density at radius 3 is 2.31 bits per heavy atom. The lowest BCUT2D eigenvalue weighted by Gasteiger charge is -2.65. The summed E-state index contributed by atoms with van der Waals surface area (Å²) in [6, 6.07) is 6.16. The third-order valence-electron chi connectivity index (χ3n) is 8.85. The minimum atomic E-state index is 0.152. The van der Waals surface area contributed by atoms with Crippen molar-refractivity contribution in [2.24, 2.45) is 0 Å². The van der Waals surface area contributed by atoms with Gasteiger partial charge in [-0.2, -0.15) is 9.78 Å². The van der Waals surface area contributed by atoms with Crippen molar-refractivity contribution in [1.29, 1.82) is 0 Å². The summed E-state index contributed by atoms with van der Waals surface area (Å²) in [4.78, 5) is 10.0. The first-order valence-corrected chi connectivity index (χ1v) is 12.7. The maximum absolute atomic E-state index is 11.1. The zero-order valence-electron chi connectivity index (χ0n) is 20.6. The Balaban J connectivity index is 1.70. The van der Waals surface area contributed by atoms with Crippen molar-refractivity contribution in [1.82, 2.24) is 24.6 Å². The molecule has 1 saturated heterocycles. The third kappa shape index (κ3) is 3.29. The van der Waals surface area contributed by atoms with Crippen molar-refractivity contribution in [3.63, 3.8) is 0 Å². The number of piperazine rings is 1. The molecule has 1 atom stereocenters. The topological polar surface area (TPSA) is 57.4 Å². The smallest absolute Gasteiger partial charge is 0.219 e. The van der Waals surface area contributed by atoms with E-state index in [1.807, 2.05) is 18.2 Å². The molecule has 0 saturated carbocycles. The Kier molecular flexibility index (Phi) is 6.64. The van der Waals surface area contributed by atoms with Crippen LogP contribution < -0.4 is 0 Å². The molecule has 0 bridgehead atoms. The van der Waals surface area contributed by atoms with Crippen LogP contribution in [-0.2, 0) is 12.8 Å². The minimum Gasteiger partial charge on any atom is -0.493 e. The number of pyridine rings is 1. The number of likely N-dealkylation sites (N-methyl/N-ethyl adjacent to an activating group) is 1. The van der Waals surface area contributed by atoms with Crippen LogP contribution in [0, 0.1) is 0 Å². The number of hydrogen-bond acceptors (Lipinski definition) is 5. The molecule has 3 heterocycles. The Labute approximate surface area is 193 Å². The van der Waals surface area contributed by atoms with Crippen molar-refractivity contribution in [3.8, 4) is 11.7 Å². The fourth-order valence-electron chi connectivity index (χ4n) is 7.32. The van der Waals surface area contributed by atoms with E-state index in [2.05, 4.69) is 49.4 Å². The molecular formula is C26H41N5O. The van der Waals surface area contributed by atoms with Crippen molar-refractivity contribution in [2.75, 3.05) is 19.6 Å². The number of nitrogens with zero attached hydrogens (tertiary/aromatic N) is 5. The lowest BCUT2D eigenvalue weighted by atomic mass is 9.64. The largest absolute Gasteiger partial charge is 0.493 e. The molecule has 2 aromatic rings. The first kappa shape index (κ1) is 23.2. The second-order valence-electron chi connectivity index (χ2n) is 9.50. The van der Waals surface area contributed by atoms with Crippen LogP contribution in [0.2, 0.25) is 0 Å². The number of aryl methyl sites for hydroxylation is 1. The zero-order valence-corrected chi connectivity index (χ0v) is 20.6. The second kappa shape index (κ2) is 9.14. The van der Waals surface area contributed by atoms with Crippen LogP contribution in [0.1, 0.15) is 78.0 Å². The molecule has 1 N–H and O–H groups in total. The van der Waals surface area contributed by atoms with Gasteiger partial charge in [-0.3, -0.25) is 9.80 Å². The lowest BCUT2D eigenvalue weighted by molar-refractivity contribution is -0.144. The highest BCUT2D eigenvalue weighted by atomic mass is 16.3. The molecule has 2 aromatic heterocycles. The second-order valence-corrected chi connectivity index (χ2v) is 9.50. The molecule has 6 heteroatoms. The fraction of sp³-hybridized carbons (Fsp3) is 0.692. The number of aromatic nitrogens is 3. The monoisotopic (exact) mass is 439 g/mol. The Hall–Kier alpha value is -1.92. The molecular weight excluding hydrogens is 398 g/mol. The summed E-state index contributed by atoms with van der Waals surface area (Å²) in [7, 11) is 0. The van der Waals surface area contributed by atoms with E-state index in [-0.39, 0.29) is 17.0 Å². The van der Waals surface area contributed by atoms with Gasteiger partial charge in [0.2, 0.25) is 5.88 Å². The van der Waals surface area contributed by atoms with Crippen LogP contribution >= 0.6 is 0 Å². The molecule has 0 radical (unpaired) electrons. The molecule has 6 nitrogen and oxygen atoms in total. The van der Waals surface area contributed by atoms with Gasteiger partial charge >= 0.3 is 0 Å². The van der Waals surface area contributed by atoms with E-state index >= 15 is 0 Å². The van der Waals surface area contributed by atoms with Crippen LogP contribution in [-0.4, -0.2) is 66.4 Å². The van der Waals surface area contributed by atoms with E-state index in [0.29, 0.717) is 11.9 Å². The number of hydrogen-bond donors (Lipinski definition) is 1. The summed E-state index contributed by atoms with van der Waals surface area (Å²) in [6.07, 6.45) is 9.29. The van der Waals surface area contributed by atoms with E-state index in [1.54, 1.807) is 10.9 Å². The van der Waals surface area contributed by atoms with Crippen molar-refractivity contribution < 1.29 is 5.11 Å². The van der Waals surface area contributed by atoms with E-state index in [0.717, 1.165) is 63.0 Å². The van der Waals surface area contributed by atoms with Gasteiger partial charge < -0.3 is 5.11 Å². The highest BCUT2D eigenvalue weighted by Gasteiger charge is 2.57. The van der Waals surface area contributed by atoms with E-state index in [1.165, 1.54) is 12.8 Å². The zero-order chi connectivity index (χ0) is 22.9. The number of fused-ring (bicyclic) bond motifs is 1. The molecule has 176 valence electrons. The van der Waals surface area contributed by atoms with Gasteiger partial charge in [0.15, 0.2) is 5.82 Å². The van der Waals surface area contributed by atoms with Crippen LogP contribution in [0.25, 0.3) is 5.82 Å². The quantitative estimate of drug-likeness (QED) is 0.684. The highest BCUT2D eigenvalue weighted by Crippen LogP contribution is 2.49. The maximum Gasteiger partial charge on any atom is 0.219 e. The van der Waals surface area contributed by atoms with Crippen LogP contribution in [0.15, 0.2) is 24.4 Å². The SMILES string of the molecule is CCN1CCN(C2CCc3nn(-c4ccccn4)c(O)c3C2)C(CC)(CC)C1(CC)CC. The summed E-state index contributed by atoms with van der Waals surface area (Å²) in [6.45, 7) is 15.2. The van der Waals surface area contributed by atoms with Gasteiger partial charge in [0.1, 0.15) is 0 Å². The van der Waals surface area contributed by atoms with E-state index < -0.39 is 0 Å². The number of rotatable bonds is 7. The maximum atomic E-state index is 11.1. The van der Waals surface area contributed by atoms with Crippen molar-refractivity contribution in [2.45, 2.75) is 96.7 Å². The van der Waals surface area contributed by atoms with Gasteiger partial charge in [-0.25, -0.2) is 4.98 Å². The molecule has 1 unspecified atom stereocenters. The summed E-state index contributed by atoms with van der Waals surface area (Å²) in [5, 5.41) is 15.8. The van der Waals surface area contributed by atoms with Crippen molar-refractivity contribution >= 4 is 0 Å². The molecule has 1 aliphatic carbocycles. The number of aromatic hydroxyl groups is 1. The van der Waals surface area contributed by atoms with E-state index in [4.69, 9.17) is 5.10 Å². The molecule has 2 aliphatic rings. The minimum absolute atomic E-state index is 0.152. The molecule has 32 heavy (non-hydrogen) atoms. The van der Waals surface area contributed by atoms with Gasteiger partial charge in [0.05, 0.1) is 5.69 Å². The average Bonchev–Trinajstić information content (AvgIpc) is 3.18. The first-order chi connectivity index (χ1) is 15.5. The van der Waals surface area contributed by atoms with Gasteiger partial charge in [-0.05, 0) is 63.6 Å². The van der Waals surface area contributed by atoms with Crippen molar-refractivity contribution in [3.05, 3.63) is 35.7 Å². The normalized spacial score (nSPS) is 23.2. The average molecular weight is 440 g/mol. The van der Waals surface area contributed by atoms with Gasteiger partial charge in [0, 0.05) is 42.0 Å². The molecule has 1 fully saturated rings. The Morgan fingerprint density at radius 1 is 1.00 bits per heavy atom. The summed E-state index contributed by atoms with van der Waals surface area (Å²) < 4.78 is 1.62. The summed E-state index contributed by atoms with van der Waals surface area (Å²) in [5.41, 5.74) is 2.40. The molecule has 0 amide bonds. The predicted molar refractivity (Wildman–Crippen MR) is 129 cm³/mol. The first-order valence-electron chi connectivity index (χ1n) is 12.7. The molecule has 0 spiro atoms.